The van der Waals surface area contributed by atoms with Crippen molar-refractivity contribution in [1.82, 2.24) is 9.13 Å². The lowest BCUT2D eigenvalue weighted by Crippen LogP contribution is -1.95. The third kappa shape index (κ3) is 6.00. The van der Waals surface area contributed by atoms with Crippen LogP contribution in [0.5, 0.6) is 0 Å². The highest BCUT2D eigenvalue weighted by molar-refractivity contribution is 9.10. The second-order valence-electron chi connectivity index (χ2n) is 15.9. The standard InChI is InChI=1S/C58H37BrN2/c59-47-27-21-40(22-28-47)44-33-45(42-25-31-57-52(36-42)50-16-6-8-18-55(50)60(57)48-29-23-39(24-30-48)38-11-2-1-3-12-38)35-46(34-44)43-26-32-58-53(37-43)51-17-7-9-19-56(51)61(58)54-20-10-14-41-13-4-5-15-49(41)54/h1-37H. The summed E-state index contributed by atoms with van der Waals surface area (Å²) in [6, 6.07) is 82.1. The number of para-hydroxylation sites is 2. The van der Waals surface area contributed by atoms with E-state index in [0.29, 0.717) is 0 Å². The topological polar surface area (TPSA) is 9.86 Å². The first-order valence-corrected chi connectivity index (χ1v) is 21.6. The summed E-state index contributed by atoms with van der Waals surface area (Å²) in [6.07, 6.45) is 0. The van der Waals surface area contributed by atoms with E-state index in [1.54, 1.807) is 0 Å². The van der Waals surface area contributed by atoms with Gasteiger partial charge in [0.05, 0.1) is 27.8 Å². The Kier molecular flexibility index (Phi) is 8.36. The molecular formula is C58H37BrN2. The van der Waals surface area contributed by atoms with Gasteiger partial charge in [0, 0.05) is 37.1 Å². The molecule has 12 rings (SSSR count). The number of nitrogens with zero attached hydrogens (tertiary/aromatic N) is 2. The van der Waals surface area contributed by atoms with Gasteiger partial charge < -0.3 is 9.13 Å². The third-order valence-corrected chi connectivity index (χ3v) is 12.9. The molecule has 10 aromatic carbocycles. The van der Waals surface area contributed by atoms with Gasteiger partial charge in [-0.05, 0) is 135 Å². The molecule has 3 heteroatoms. The molecule has 2 aromatic heterocycles. The molecule has 0 aliphatic rings. The van der Waals surface area contributed by atoms with E-state index >= 15 is 0 Å². The molecule has 0 saturated carbocycles. The van der Waals surface area contributed by atoms with Crippen molar-refractivity contribution < 1.29 is 0 Å². The molecule has 0 N–H and O–H groups in total. The van der Waals surface area contributed by atoms with Crippen LogP contribution in [0.1, 0.15) is 0 Å². The first-order chi connectivity index (χ1) is 30.1. The molecule has 61 heavy (non-hydrogen) atoms. The summed E-state index contributed by atoms with van der Waals surface area (Å²) in [6.45, 7) is 0. The van der Waals surface area contributed by atoms with E-state index in [0.717, 1.165) is 10.2 Å². The second kappa shape index (κ2) is 14.4. The van der Waals surface area contributed by atoms with Crippen molar-refractivity contribution in [1.29, 1.82) is 0 Å². The first kappa shape index (κ1) is 35.5. The molecule has 0 aliphatic heterocycles. The van der Waals surface area contributed by atoms with E-state index < -0.39 is 0 Å². The molecule has 0 atom stereocenters. The van der Waals surface area contributed by atoms with E-state index in [-0.39, 0.29) is 0 Å². The molecule has 0 radical (unpaired) electrons. The lowest BCUT2D eigenvalue weighted by Gasteiger charge is -2.13. The van der Waals surface area contributed by atoms with Crippen LogP contribution in [0.15, 0.2) is 229 Å². The molecule has 2 nitrogen and oxygen atoms in total. The van der Waals surface area contributed by atoms with Gasteiger partial charge in [-0.2, -0.15) is 0 Å². The third-order valence-electron chi connectivity index (χ3n) is 12.4. The lowest BCUT2D eigenvalue weighted by molar-refractivity contribution is 1.18. The molecule has 0 saturated heterocycles. The normalized spacial score (nSPS) is 11.7. The van der Waals surface area contributed by atoms with Crippen LogP contribution in [-0.4, -0.2) is 9.13 Å². The minimum absolute atomic E-state index is 1.07. The zero-order chi connectivity index (χ0) is 40.4. The van der Waals surface area contributed by atoms with E-state index in [4.69, 9.17) is 0 Å². The SMILES string of the molecule is Brc1ccc(-c2cc(-c3ccc4c(c3)c3ccccc3n4-c3ccc(-c4ccccc4)cc3)cc(-c3ccc4c(c3)c3ccccc3n4-c3cccc4ccccc34)c2)cc1. The molecule has 0 aliphatic carbocycles. The summed E-state index contributed by atoms with van der Waals surface area (Å²) >= 11 is 3.67. The molecule has 0 bridgehead atoms. The highest BCUT2D eigenvalue weighted by Gasteiger charge is 2.18. The van der Waals surface area contributed by atoms with Crippen LogP contribution in [-0.2, 0) is 0 Å². The molecule has 286 valence electrons. The fourth-order valence-corrected chi connectivity index (χ4v) is 9.71. The van der Waals surface area contributed by atoms with Gasteiger partial charge in [-0.25, -0.2) is 0 Å². The highest BCUT2D eigenvalue weighted by atomic mass is 79.9. The van der Waals surface area contributed by atoms with Crippen LogP contribution in [0.25, 0.3) is 110 Å². The molecular weight excluding hydrogens is 805 g/mol. The van der Waals surface area contributed by atoms with Crippen molar-refractivity contribution in [2.45, 2.75) is 0 Å². The van der Waals surface area contributed by atoms with Gasteiger partial charge >= 0.3 is 0 Å². The van der Waals surface area contributed by atoms with Crippen LogP contribution in [0.3, 0.4) is 0 Å². The average molecular weight is 842 g/mol. The quantitative estimate of drug-likeness (QED) is 0.158. The van der Waals surface area contributed by atoms with Crippen molar-refractivity contribution in [2.75, 3.05) is 0 Å². The Labute approximate surface area is 362 Å². The summed E-state index contributed by atoms with van der Waals surface area (Å²) in [4.78, 5) is 0. The molecule has 2 heterocycles. The van der Waals surface area contributed by atoms with Crippen molar-refractivity contribution in [3.63, 3.8) is 0 Å². The maximum Gasteiger partial charge on any atom is 0.0541 e. The number of hydrogen-bond donors (Lipinski definition) is 0. The first-order valence-electron chi connectivity index (χ1n) is 20.8. The van der Waals surface area contributed by atoms with E-state index in [1.807, 2.05) is 0 Å². The van der Waals surface area contributed by atoms with Gasteiger partial charge in [-0.3, -0.25) is 0 Å². The van der Waals surface area contributed by atoms with Gasteiger partial charge in [-0.1, -0.05) is 155 Å². The van der Waals surface area contributed by atoms with Crippen molar-refractivity contribution in [3.05, 3.63) is 229 Å². The van der Waals surface area contributed by atoms with Crippen LogP contribution >= 0.6 is 15.9 Å². The van der Waals surface area contributed by atoms with Gasteiger partial charge in [-0.15, -0.1) is 0 Å². The number of halogens is 1. The van der Waals surface area contributed by atoms with Gasteiger partial charge in [0.2, 0.25) is 0 Å². The van der Waals surface area contributed by atoms with E-state index in [9.17, 15) is 0 Å². The Balaban J connectivity index is 1.02. The Bertz CT molecular complexity index is 3630. The predicted molar refractivity (Wildman–Crippen MR) is 262 cm³/mol. The van der Waals surface area contributed by atoms with E-state index in [2.05, 4.69) is 250 Å². The number of fused-ring (bicyclic) bond motifs is 7. The number of benzene rings is 10. The monoisotopic (exact) mass is 840 g/mol. The minimum Gasteiger partial charge on any atom is -0.309 e. The number of aromatic nitrogens is 2. The maximum atomic E-state index is 3.67. The van der Waals surface area contributed by atoms with E-state index in [1.165, 1.54) is 105 Å². The van der Waals surface area contributed by atoms with Gasteiger partial charge in [0.25, 0.3) is 0 Å². The zero-order valence-corrected chi connectivity index (χ0v) is 34.7. The molecule has 0 amide bonds. The maximum absolute atomic E-state index is 3.67. The Morgan fingerprint density at radius 3 is 1.36 bits per heavy atom. The van der Waals surface area contributed by atoms with Crippen LogP contribution in [0.2, 0.25) is 0 Å². The second-order valence-corrected chi connectivity index (χ2v) is 16.8. The largest absolute Gasteiger partial charge is 0.309 e. The summed E-state index contributed by atoms with van der Waals surface area (Å²) in [5.41, 5.74) is 16.6. The highest BCUT2D eigenvalue weighted by Crippen LogP contribution is 2.41. The van der Waals surface area contributed by atoms with Crippen LogP contribution in [0, 0.1) is 0 Å². The van der Waals surface area contributed by atoms with Crippen molar-refractivity contribution in [3.8, 4) is 55.9 Å². The minimum atomic E-state index is 1.07. The summed E-state index contributed by atoms with van der Waals surface area (Å²) < 4.78 is 5.90. The molecule has 0 unspecified atom stereocenters. The molecule has 0 spiro atoms. The lowest BCUT2D eigenvalue weighted by atomic mass is 9.92. The van der Waals surface area contributed by atoms with Crippen LogP contribution in [0.4, 0.5) is 0 Å². The average Bonchev–Trinajstić information content (AvgIpc) is 3.84. The van der Waals surface area contributed by atoms with Gasteiger partial charge in [0.1, 0.15) is 0 Å². The smallest absolute Gasteiger partial charge is 0.0541 e. The summed E-state index contributed by atoms with van der Waals surface area (Å²) in [7, 11) is 0. The van der Waals surface area contributed by atoms with Gasteiger partial charge in [0.15, 0.2) is 0 Å². The molecule has 12 aromatic rings. The fraction of sp³-hybridized carbons (Fsp3) is 0. The Morgan fingerprint density at radius 2 is 0.705 bits per heavy atom. The fourth-order valence-electron chi connectivity index (χ4n) is 9.45. The summed E-state index contributed by atoms with van der Waals surface area (Å²) in [5.74, 6) is 0. The van der Waals surface area contributed by atoms with Crippen LogP contribution < -0.4 is 0 Å². The zero-order valence-electron chi connectivity index (χ0n) is 33.1. The summed E-state index contributed by atoms with van der Waals surface area (Å²) in [5, 5.41) is 7.43. The molecule has 0 fully saturated rings. The van der Waals surface area contributed by atoms with Crippen molar-refractivity contribution >= 4 is 70.3 Å². The Morgan fingerprint density at radius 1 is 0.262 bits per heavy atom. The number of hydrogen-bond acceptors (Lipinski definition) is 0. The number of rotatable bonds is 6. The predicted octanol–water partition coefficient (Wildman–Crippen LogP) is 16.5. The Hall–Kier alpha value is -7.46. The van der Waals surface area contributed by atoms with Crippen molar-refractivity contribution in [2.24, 2.45) is 0 Å².